The number of phenols is 1. The summed E-state index contributed by atoms with van der Waals surface area (Å²) in [6, 6.07) is 9.27. The van der Waals surface area contributed by atoms with Gasteiger partial charge < -0.3 is 9.67 Å². The van der Waals surface area contributed by atoms with Gasteiger partial charge in [0.05, 0.1) is 0 Å². The second-order valence-electron chi connectivity index (χ2n) is 7.37. The highest BCUT2D eigenvalue weighted by molar-refractivity contribution is 7.98. The molecule has 4 rings (SSSR count). The minimum absolute atomic E-state index is 0.306. The Hall–Kier alpha value is -2.09. The highest BCUT2D eigenvalue weighted by atomic mass is 35.5. The maximum absolute atomic E-state index is 10.1. The molecule has 0 aliphatic carbocycles. The Labute approximate surface area is 179 Å². The normalized spacial score (nSPS) is 15.7. The summed E-state index contributed by atoms with van der Waals surface area (Å²) in [5.41, 5.74) is 2.11. The average molecular weight is 430 g/mol. The van der Waals surface area contributed by atoms with Gasteiger partial charge in [0.25, 0.3) is 0 Å². The van der Waals surface area contributed by atoms with E-state index < -0.39 is 0 Å². The molecule has 0 saturated carbocycles. The fourth-order valence-corrected chi connectivity index (χ4v) is 4.77. The van der Waals surface area contributed by atoms with Gasteiger partial charge in [0.2, 0.25) is 0 Å². The number of hydrogen-bond donors (Lipinski definition) is 1. The zero-order valence-corrected chi connectivity index (χ0v) is 17.9. The summed E-state index contributed by atoms with van der Waals surface area (Å²) >= 11 is 7.77. The molecule has 1 aliphatic heterocycles. The molecule has 1 N–H and O–H groups in total. The molecule has 3 aromatic rings. The monoisotopic (exact) mass is 429 g/mol. The number of halogens is 1. The summed E-state index contributed by atoms with van der Waals surface area (Å²) in [6.45, 7) is 2.64. The fourth-order valence-electron chi connectivity index (χ4n) is 3.71. The van der Waals surface area contributed by atoms with Crippen LogP contribution in [0, 0.1) is 0 Å². The number of rotatable bonds is 6. The summed E-state index contributed by atoms with van der Waals surface area (Å²) in [5.74, 6) is 2.64. The van der Waals surface area contributed by atoms with Gasteiger partial charge in [-0.3, -0.25) is 9.88 Å². The van der Waals surface area contributed by atoms with Crippen molar-refractivity contribution in [2.75, 3.05) is 13.1 Å². The van der Waals surface area contributed by atoms with Crippen LogP contribution in [0.15, 0.2) is 47.9 Å². The highest BCUT2D eigenvalue weighted by Crippen LogP contribution is 2.31. The molecule has 3 heterocycles. The summed E-state index contributed by atoms with van der Waals surface area (Å²) in [4.78, 5) is 6.42. The van der Waals surface area contributed by atoms with Gasteiger partial charge >= 0.3 is 0 Å². The Morgan fingerprint density at radius 3 is 2.66 bits per heavy atom. The van der Waals surface area contributed by atoms with E-state index in [0.717, 1.165) is 48.2 Å². The molecular weight excluding hydrogens is 406 g/mol. The molecule has 2 aromatic heterocycles. The lowest BCUT2D eigenvalue weighted by Crippen LogP contribution is -2.33. The maximum Gasteiger partial charge on any atom is 0.191 e. The van der Waals surface area contributed by atoms with Crippen LogP contribution < -0.4 is 0 Å². The molecule has 1 saturated heterocycles. The summed E-state index contributed by atoms with van der Waals surface area (Å²) in [6.07, 6.45) is 5.69. The number of piperidine rings is 1. The molecule has 1 aromatic carbocycles. The predicted octanol–water partition coefficient (Wildman–Crippen LogP) is 4.24. The Balaban J connectivity index is 1.34. The van der Waals surface area contributed by atoms with Crippen LogP contribution in [0.1, 0.15) is 35.7 Å². The first-order valence-electron chi connectivity index (χ1n) is 9.71. The smallest absolute Gasteiger partial charge is 0.191 e. The summed E-state index contributed by atoms with van der Waals surface area (Å²) in [7, 11) is 2.06. The standard InChI is InChI=1S/C21H24ClN5OS/c1-26-20(24-25-21(26)29-14-15-4-8-23-9-5-15)16-6-10-27(11-7-16)13-17-12-18(22)2-3-19(17)28/h2-5,8-9,12,16,28H,6-7,10-11,13-14H2,1H3. The molecule has 0 amide bonds. The van der Waals surface area contributed by atoms with E-state index in [-0.39, 0.29) is 0 Å². The van der Waals surface area contributed by atoms with Crippen molar-refractivity contribution in [3.63, 3.8) is 0 Å². The zero-order valence-electron chi connectivity index (χ0n) is 16.3. The quantitative estimate of drug-likeness (QED) is 0.591. The van der Waals surface area contributed by atoms with E-state index in [9.17, 15) is 5.11 Å². The molecule has 29 heavy (non-hydrogen) atoms. The Morgan fingerprint density at radius 1 is 1.14 bits per heavy atom. The maximum atomic E-state index is 10.1. The lowest BCUT2D eigenvalue weighted by atomic mass is 9.95. The molecule has 0 atom stereocenters. The molecule has 8 heteroatoms. The van der Waals surface area contributed by atoms with Gasteiger partial charge in [-0.2, -0.15) is 0 Å². The highest BCUT2D eigenvalue weighted by Gasteiger charge is 2.25. The van der Waals surface area contributed by atoms with Gasteiger partial charge in [-0.1, -0.05) is 23.4 Å². The second-order valence-corrected chi connectivity index (χ2v) is 8.75. The number of aromatic hydroxyl groups is 1. The van der Waals surface area contributed by atoms with Gasteiger partial charge in [0.1, 0.15) is 11.6 Å². The lowest BCUT2D eigenvalue weighted by Gasteiger charge is -2.31. The minimum Gasteiger partial charge on any atom is -0.508 e. The van der Waals surface area contributed by atoms with Crippen LogP contribution in [0.3, 0.4) is 0 Å². The van der Waals surface area contributed by atoms with Crippen molar-refractivity contribution < 1.29 is 5.11 Å². The first-order chi connectivity index (χ1) is 14.1. The van der Waals surface area contributed by atoms with Gasteiger partial charge in [-0.05, 0) is 61.8 Å². The van der Waals surface area contributed by atoms with Crippen LogP contribution in [0.2, 0.25) is 5.02 Å². The molecule has 1 aliphatic rings. The van der Waals surface area contributed by atoms with E-state index in [1.807, 2.05) is 30.6 Å². The Bertz CT molecular complexity index is 957. The molecule has 152 valence electrons. The van der Waals surface area contributed by atoms with Crippen LogP contribution in [0.25, 0.3) is 0 Å². The predicted molar refractivity (Wildman–Crippen MR) is 115 cm³/mol. The molecular formula is C21H24ClN5OS. The third kappa shape index (κ3) is 4.91. The third-order valence-corrected chi connectivity index (χ3v) is 6.70. The van der Waals surface area contributed by atoms with Crippen LogP contribution in [-0.2, 0) is 19.3 Å². The zero-order chi connectivity index (χ0) is 20.2. The first-order valence-corrected chi connectivity index (χ1v) is 11.1. The van der Waals surface area contributed by atoms with Crippen molar-refractivity contribution in [2.45, 2.75) is 36.2 Å². The number of phenolic OH excluding ortho intramolecular Hbond substituents is 1. The third-order valence-electron chi connectivity index (χ3n) is 5.37. The van der Waals surface area contributed by atoms with Crippen LogP contribution in [-0.4, -0.2) is 42.8 Å². The molecule has 1 fully saturated rings. The molecule has 0 bridgehead atoms. The van der Waals surface area contributed by atoms with Crippen LogP contribution in [0.5, 0.6) is 5.75 Å². The lowest BCUT2D eigenvalue weighted by molar-refractivity contribution is 0.198. The van der Waals surface area contributed by atoms with E-state index >= 15 is 0 Å². The van der Waals surface area contributed by atoms with Gasteiger partial charge in [-0.25, -0.2) is 0 Å². The number of aromatic nitrogens is 4. The summed E-state index contributed by atoms with van der Waals surface area (Å²) < 4.78 is 2.13. The van der Waals surface area contributed by atoms with Gasteiger partial charge in [0.15, 0.2) is 5.16 Å². The Kier molecular flexibility index (Phi) is 6.37. The topological polar surface area (TPSA) is 67.1 Å². The average Bonchev–Trinajstić information content (AvgIpc) is 3.11. The van der Waals surface area contributed by atoms with Crippen LogP contribution in [0.4, 0.5) is 0 Å². The van der Waals surface area contributed by atoms with Gasteiger partial charge in [-0.15, -0.1) is 10.2 Å². The minimum atomic E-state index is 0.306. The van der Waals surface area contributed by atoms with E-state index in [1.165, 1.54) is 5.56 Å². The number of likely N-dealkylation sites (tertiary alicyclic amines) is 1. The number of pyridine rings is 1. The van der Waals surface area contributed by atoms with E-state index in [0.29, 0.717) is 23.2 Å². The number of benzene rings is 1. The van der Waals surface area contributed by atoms with Crippen LogP contribution >= 0.6 is 23.4 Å². The van der Waals surface area contributed by atoms with E-state index in [1.54, 1.807) is 23.9 Å². The van der Waals surface area contributed by atoms with Gasteiger partial charge in [0, 0.05) is 48.2 Å². The molecule has 6 nitrogen and oxygen atoms in total. The van der Waals surface area contributed by atoms with Crippen molar-refractivity contribution in [3.8, 4) is 5.75 Å². The SMILES string of the molecule is Cn1c(SCc2ccncc2)nnc1C1CCN(Cc2cc(Cl)ccc2O)CC1. The van der Waals surface area contributed by atoms with Crippen molar-refractivity contribution in [1.82, 2.24) is 24.6 Å². The van der Waals surface area contributed by atoms with E-state index in [2.05, 4.69) is 31.7 Å². The number of thioether (sulfide) groups is 1. The number of nitrogens with zero attached hydrogens (tertiary/aromatic N) is 5. The second kappa shape index (κ2) is 9.15. The fraction of sp³-hybridized carbons (Fsp3) is 0.381. The Morgan fingerprint density at radius 2 is 1.90 bits per heavy atom. The van der Waals surface area contributed by atoms with E-state index in [4.69, 9.17) is 11.6 Å². The van der Waals surface area contributed by atoms with Crippen molar-refractivity contribution in [1.29, 1.82) is 0 Å². The van der Waals surface area contributed by atoms with Crippen molar-refractivity contribution in [3.05, 3.63) is 64.7 Å². The van der Waals surface area contributed by atoms with Crippen molar-refractivity contribution in [2.24, 2.45) is 7.05 Å². The summed E-state index contributed by atoms with van der Waals surface area (Å²) in [5, 5.41) is 20.6. The molecule has 0 unspecified atom stereocenters. The first kappa shape index (κ1) is 20.2. The van der Waals surface area contributed by atoms with Crippen molar-refractivity contribution >= 4 is 23.4 Å². The molecule has 0 spiro atoms. The molecule has 0 radical (unpaired) electrons. The number of hydrogen-bond acceptors (Lipinski definition) is 6. The largest absolute Gasteiger partial charge is 0.508 e.